The number of non-ortho nitro benzene ring substituents is 1. The number of nitro groups is 1. The predicted molar refractivity (Wildman–Crippen MR) is 60.5 cm³/mol. The minimum atomic E-state index is -1.25. The van der Waals surface area contributed by atoms with E-state index in [1.165, 1.54) is 12.1 Å². The Labute approximate surface area is 101 Å². The van der Waals surface area contributed by atoms with Gasteiger partial charge in [0.1, 0.15) is 4.91 Å². The predicted octanol–water partition coefficient (Wildman–Crippen LogP) is 0.352. The average molecular weight is 258 g/mol. The van der Waals surface area contributed by atoms with Crippen LogP contribution in [0.4, 0.5) is 11.4 Å². The summed E-state index contributed by atoms with van der Waals surface area (Å²) in [6.45, 7) is 1.77. The van der Waals surface area contributed by atoms with E-state index >= 15 is 0 Å². The third kappa shape index (κ3) is 5.85. The highest BCUT2D eigenvalue weighted by molar-refractivity contribution is 5.79. The van der Waals surface area contributed by atoms with Crippen molar-refractivity contribution >= 4 is 17.3 Å². The smallest absolute Gasteiger partial charge is 0.370 e. The van der Waals surface area contributed by atoms with Crippen LogP contribution < -0.4 is 11.5 Å². The molecule has 0 saturated heterocycles. The lowest BCUT2D eigenvalue weighted by molar-refractivity contribution is -0.969. The van der Waals surface area contributed by atoms with Crippen molar-refractivity contribution in [2.45, 2.75) is 6.92 Å². The molecule has 0 unspecified atom stereocenters. The number of hydrogen-bond donors (Lipinski definition) is 4. The van der Waals surface area contributed by atoms with E-state index in [0.29, 0.717) is 5.69 Å². The second-order valence-electron chi connectivity index (χ2n) is 3.02. The zero-order valence-corrected chi connectivity index (χ0v) is 9.35. The number of rotatable bonds is 2. The van der Waals surface area contributed by atoms with E-state index in [1.807, 2.05) is 0 Å². The van der Waals surface area contributed by atoms with Gasteiger partial charge in [0.25, 0.3) is 5.69 Å². The van der Waals surface area contributed by atoms with E-state index in [-0.39, 0.29) is 11.6 Å². The van der Waals surface area contributed by atoms with Gasteiger partial charge in [-0.15, -0.1) is 0 Å². The largest absolute Gasteiger partial charge is 0.472 e. The monoisotopic (exact) mass is 258 g/mol. The van der Waals surface area contributed by atoms with Gasteiger partial charge in [-0.25, -0.2) is 15.4 Å². The molecule has 0 saturated carbocycles. The van der Waals surface area contributed by atoms with Crippen LogP contribution in [0.5, 0.6) is 0 Å². The molecule has 0 bridgehead atoms. The molecular weight excluding hydrogens is 246 g/mol. The topological polar surface area (TPSA) is 168 Å². The molecule has 0 spiro atoms. The molecule has 6 N–H and O–H groups in total. The molecule has 0 aliphatic carbocycles. The second-order valence-corrected chi connectivity index (χ2v) is 3.02. The Morgan fingerprint density at radius 3 is 2.22 bits per heavy atom. The van der Waals surface area contributed by atoms with Crippen molar-refractivity contribution in [1.82, 2.24) is 0 Å². The van der Waals surface area contributed by atoms with Crippen molar-refractivity contribution in [3.63, 3.8) is 0 Å². The number of nitro benzene ring substituents is 1. The molecule has 0 amide bonds. The molecule has 0 heterocycles. The lowest BCUT2D eigenvalue weighted by Gasteiger charge is -1.99. The molecule has 0 fully saturated rings. The SMILES string of the molecule is Cc1ccc([N+](=O)[O-])cc1N=C(N)N.O=[N+](O)O. The Morgan fingerprint density at radius 1 is 1.33 bits per heavy atom. The van der Waals surface area contributed by atoms with Crippen LogP contribution in [-0.4, -0.2) is 26.4 Å². The Morgan fingerprint density at radius 2 is 1.83 bits per heavy atom. The number of nitrogens with zero attached hydrogens (tertiary/aromatic N) is 3. The molecule has 10 nitrogen and oxygen atoms in total. The van der Waals surface area contributed by atoms with Gasteiger partial charge >= 0.3 is 5.09 Å². The first-order valence-electron chi connectivity index (χ1n) is 4.43. The van der Waals surface area contributed by atoms with E-state index in [2.05, 4.69) is 4.99 Å². The van der Waals surface area contributed by atoms with Crippen molar-refractivity contribution < 1.29 is 20.4 Å². The molecule has 1 aromatic carbocycles. The minimum absolute atomic E-state index is 0.0319. The van der Waals surface area contributed by atoms with E-state index in [4.69, 9.17) is 26.8 Å². The second kappa shape index (κ2) is 6.62. The highest BCUT2D eigenvalue weighted by Gasteiger charge is 2.07. The van der Waals surface area contributed by atoms with E-state index in [9.17, 15) is 10.1 Å². The van der Waals surface area contributed by atoms with Gasteiger partial charge in [-0.3, -0.25) is 10.1 Å². The molecule has 10 heteroatoms. The van der Waals surface area contributed by atoms with Crippen LogP contribution in [0, 0.1) is 21.9 Å². The molecule has 0 aromatic heterocycles. The number of guanidine groups is 1. The van der Waals surface area contributed by atoms with Gasteiger partial charge < -0.3 is 11.5 Å². The van der Waals surface area contributed by atoms with Crippen molar-refractivity contribution in [3.05, 3.63) is 38.8 Å². The van der Waals surface area contributed by atoms with Gasteiger partial charge in [0.05, 0.1) is 10.6 Å². The molecule has 0 aliphatic heterocycles. The minimum Gasteiger partial charge on any atom is -0.370 e. The molecule has 0 atom stereocenters. The first-order valence-corrected chi connectivity index (χ1v) is 4.43. The number of benzene rings is 1. The highest BCUT2D eigenvalue weighted by atomic mass is 16.9. The van der Waals surface area contributed by atoms with E-state index in [1.54, 1.807) is 13.0 Å². The van der Waals surface area contributed by atoms with Crippen molar-refractivity contribution in [3.8, 4) is 0 Å². The van der Waals surface area contributed by atoms with Gasteiger partial charge in [0.15, 0.2) is 5.96 Å². The van der Waals surface area contributed by atoms with Crippen LogP contribution in [0.15, 0.2) is 23.2 Å². The van der Waals surface area contributed by atoms with Crippen LogP contribution in [0.2, 0.25) is 0 Å². The zero-order valence-electron chi connectivity index (χ0n) is 9.35. The van der Waals surface area contributed by atoms with E-state index in [0.717, 1.165) is 5.56 Å². The normalized spacial score (nSPS) is 8.72. The molecule has 0 aliphatic rings. The molecule has 18 heavy (non-hydrogen) atoms. The summed E-state index contributed by atoms with van der Waals surface area (Å²) in [7, 11) is 0. The Hall–Kier alpha value is -2.91. The summed E-state index contributed by atoms with van der Waals surface area (Å²) in [4.78, 5) is 22.2. The summed E-state index contributed by atoms with van der Waals surface area (Å²) < 4.78 is 0. The van der Waals surface area contributed by atoms with Gasteiger partial charge in [0, 0.05) is 12.1 Å². The fourth-order valence-corrected chi connectivity index (χ4v) is 0.971. The lowest BCUT2D eigenvalue weighted by atomic mass is 10.2. The number of nitrogens with two attached hydrogens (primary N) is 2. The number of hydrogen-bond acceptors (Lipinski definition) is 4. The van der Waals surface area contributed by atoms with Crippen LogP contribution in [0.25, 0.3) is 0 Å². The number of aryl methyl sites for hydroxylation is 1. The third-order valence-corrected chi connectivity index (χ3v) is 1.65. The summed E-state index contributed by atoms with van der Waals surface area (Å²) in [5.74, 6) is -0.117. The molecule has 98 valence electrons. The quantitative estimate of drug-likeness (QED) is 0.256. The maximum atomic E-state index is 10.4. The maximum Gasteiger partial charge on any atom is 0.472 e. The highest BCUT2D eigenvalue weighted by Crippen LogP contribution is 2.23. The van der Waals surface area contributed by atoms with E-state index < -0.39 is 10.0 Å². The van der Waals surface area contributed by atoms with Crippen molar-refractivity contribution in [2.75, 3.05) is 0 Å². The number of aliphatic imine (C=N–C) groups is 1. The fourth-order valence-electron chi connectivity index (χ4n) is 0.971. The molecule has 1 rings (SSSR count). The summed E-state index contributed by atoms with van der Waals surface area (Å²) in [5, 5.41) is 23.0. The Bertz CT molecular complexity index is 479. The maximum absolute atomic E-state index is 10.4. The average Bonchev–Trinajstić information content (AvgIpc) is 2.19. The van der Waals surface area contributed by atoms with Crippen LogP contribution in [-0.2, 0) is 0 Å². The van der Waals surface area contributed by atoms with Gasteiger partial charge in [0.2, 0.25) is 0 Å². The summed E-state index contributed by atoms with van der Waals surface area (Å²) in [6, 6.07) is 4.33. The molecular formula is C8H12N5O5+. The summed E-state index contributed by atoms with van der Waals surface area (Å²) >= 11 is 0. The molecule has 1 aromatic rings. The first kappa shape index (κ1) is 15.1. The Kier molecular flexibility index (Phi) is 5.55. The first-order chi connectivity index (χ1) is 8.23. The lowest BCUT2D eigenvalue weighted by Crippen LogP contribution is -2.22. The van der Waals surface area contributed by atoms with Crippen molar-refractivity contribution in [2.24, 2.45) is 16.5 Å². The van der Waals surface area contributed by atoms with Gasteiger partial charge in [-0.2, -0.15) is 0 Å². The summed E-state index contributed by atoms with van der Waals surface area (Å²) in [5.41, 5.74) is 11.5. The fraction of sp³-hybridized carbons (Fsp3) is 0.125. The van der Waals surface area contributed by atoms with Crippen LogP contribution in [0.1, 0.15) is 5.56 Å². The van der Waals surface area contributed by atoms with Crippen molar-refractivity contribution in [1.29, 1.82) is 0 Å². The zero-order chi connectivity index (χ0) is 14.3. The van der Waals surface area contributed by atoms with Gasteiger partial charge in [-0.05, 0) is 12.5 Å². The van der Waals surface area contributed by atoms with Gasteiger partial charge in [-0.1, -0.05) is 6.07 Å². The third-order valence-electron chi connectivity index (χ3n) is 1.65. The summed E-state index contributed by atoms with van der Waals surface area (Å²) in [6.07, 6.45) is 0. The van der Waals surface area contributed by atoms with Crippen LogP contribution >= 0.6 is 0 Å². The standard InChI is InChI=1S/C8H10N4O2.H2NO3/c1-5-2-3-6(12(13)14)4-7(5)11-8(9)10;2-1(3)4/h2-4H,1H3,(H4,9,10,11);(H2,2,3,4)/q;+1. The van der Waals surface area contributed by atoms with Crippen LogP contribution in [0.3, 0.4) is 0 Å². The Balaban J connectivity index is 0.000000631. The molecule has 0 radical (unpaired) electrons.